The summed E-state index contributed by atoms with van der Waals surface area (Å²) in [5.74, 6) is -2.34. The summed E-state index contributed by atoms with van der Waals surface area (Å²) in [6, 6.07) is -1.79. The highest BCUT2D eigenvalue weighted by atomic mass is 16.4. The predicted octanol–water partition coefficient (Wildman–Crippen LogP) is -0.445. The first-order chi connectivity index (χ1) is 8.82. The molecule has 2 amide bonds. The molecule has 0 saturated carbocycles. The summed E-state index contributed by atoms with van der Waals surface area (Å²) in [7, 11) is 3.82. The maximum atomic E-state index is 11.4. The number of nitrogens with zero attached hydrogens (tertiary/aromatic N) is 1. The molecule has 0 fully saturated rings. The number of carboxylic acids is 2. The van der Waals surface area contributed by atoms with Crippen molar-refractivity contribution in [3.8, 4) is 0 Å². The third kappa shape index (κ3) is 9.83. The molecule has 0 spiro atoms. The SMILES string of the molecule is CN(C)CCCNC(=O)N[C@@H](CCC(=O)O)C(=O)O. The fourth-order valence-corrected chi connectivity index (χ4v) is 1.33. The molecular formula is C11H21N3O5. The lowest BCUT2D eigenvalue weighted by Gasteiger charge is -2.15. The van der Waals surface area contributed by atoms with Crippen LogP contribution in [0.15, 0.2) is 0 Å². The van der Waals surface area contributed by atoms with Crippen molar-refractivity contribution in [1.82, 2.24) is 15.5 Å². The smallest absolute Gasteiger partial charge is 0.326 e. The number of hydrogen-bond donors (Lipinski definition) is 4. The van der Waals surface area contributed by atoms with Crippen molar-refractivity contribution in [3.63, 3.8) is 0 Å². The first-order valence-electron chi connectivity index (χ1n) is 5.96. The van der Waals surface area contributed by atoms with Crippen molar-refractivity contribution in [2.75, 3.05) is 27.2 Å². The minimum absolute atomic E-state index is 0.143. The molecule has 0 heterocycles. The van der Waals surface area contributed by atoms with Crippen molar-refractivity contribution in [1.29, 1.82) is 0 Å². The molecule has 0 bridgehead atoms. The molecule has 4 N–H and O–H groups in total. The predicted molar refractivity (Wildman–Crippen MR) is 68.0 cm³/mol. The van der Waals surface area contributed by atoms with Crippen molar-refractivity contribution < 1.29 is 24.6 Å². The first kappa shape index (κ1) is 17.2. The second kappa shape index (κ2) is 9.15. The number of carbonyl (C=O) groups is 3. The van der Waals surface area contributed by atoms with Crippen LogP contribution >= 0.6 is 0 Å². The number of carbonyl (C=O) groups excluding carboxylic acids is 1. The van der Waals surface area contributed by atoms with Crippen LogP contribution in [-0.4, -0.2) is 66.3 Å². The molecule has 0 aliphatic carbocycles. The molecule has 0 unspecified atom stereocenters. The number of urea groups is 1. The lowest BCUT2D eigenvalue weighted by atomic mass is 10.1. The molecule has 8 heteroatoms. The molecule has 0 aromatic rings. The van der Waals surface area contributed by atoms with Gasteiger partial charge in [-0.15, -0.1) is 0 Å². The van der Waals surface area contributed by atoms with E-state index in [0.29, 0.717) is 6.54 Å². The Bertz CT molecular complexity index is 319. The van der Waals surface area contributed by atoms with E-state index in [2.05, 4.69) is 10.6 Å². The van der Waals surface area contributed by atoms with Crippen LogP contribution in [0.1, 0.15) is 19.3 Å². The molecule has 0 aliphatic heterocycles. The summed E-state index contributed by atoms with van der Waals surface area (Å²) in [4.78, 5) is 34.6. The second-order valence-corrected chi connectivity index (χ2v) is 4.38. The third-order valence-electron chi connectivity index (χ3n) is 2.32. The Balaban J connectivity index is 3.96. The highest BCUT2D eigenvalue weighted by Crippen LogP contribution is 1.98. The fraction of sp³-hybridized carbons (Fsp3) is 0.727. The maximum absolute atomic E-state index is 11.4. The van der Waals surface area contributed by atoms with Crippen LogP contribution in [-0.2, 0) is 9.59 Å². The first-order valence-corrected chi connectivity index (χ1v) is 5.96. The number of hydrogen-bond acceptors (Lipinski definition) is 4. The monoisotopic (exact) mass is 275 g/mol. The van der Waals surface area contributed by atoms with E-state index in [0.717, 1.165) is 13.0 Å². The van der Waals surface area contributed by atoms with Gasteiger partial charge in [-0.05, 0) is 33.5 Å². The highest BCUT2D eigenvalue weighted by Gasteiger charge is 2.20. The third-order valence-corrected chi connectivity index (χ3v) is 2.32. The highest BCUT2D eigenvalue weighted by molar-refractivity contribution is 5.82. The molecule has 110 valence electrons. The summed E-state index contributed by atoms with van der Waals surface area (Å²) in [6.07, 6.45) is 0.293. The van der Waals surface area contributed by atoms with E-state index in [1.165, 1.54) is 0 Å². The van der Waals surface area contributed by atoms with Crippen LogP contribution in [0.25, 0.3) is 0 Å². The summed E-state index contributed by atoms with van der Waals surface area (Å²) < 4.78 is 0. The lowest BCUT2D eigenvalue weighted by Crippen LogP contribution is -2.46. The molecule has 0 rings (SSSR count). The Morgan fingerprint density at radius 3 is 2.32 bits per heavy atom. The van der Waals surface area contributed by atoms with Gasteiger partial charge in [0, 0.05) is 13.0 Å². The van der Waals surface area contributed by atoms with Crippen LogP contribution in [0.3, 0.4) is 0 Å². The second-order valence-electron chi connectivity index (χ2n) is 4.38. The van der Waals surface area contributed by atoms with Gasteiger partial charge in [0.2, 0.25) is 0 Å². The van der Waals surface area contributed by atoms with Gasteiger partial charge in [-0.25, -0.2) is 9.59 Å². The van der Waals surface area contributed by atoms with E-state index in [1.807, 2.05) is 19.0 Å². The average Bonchev–Trinajstić information content (AvgIpc) is 2.29. The van der Waals surface area contributed by atoms with Crippen LogP contribution in [0, 0.1) is 0 Å². The Labute approximate surface area is 111 Å². The number of aliphatic carboxylic acids is 2. The Morgan fingerprint density at radius 1 is 1.21 bits per heavy atom. The zero-order valence-electron chi connectivity index (χ0n) is 11.2. The minimum Gasteiger partial charge on any atom is -0.481 e. The van der Waals surface area contributed by atoms with Crippen molar-refractivity contribution in [3.05, 3.63) is 0 Å². The van der Waals surface area contributed by atoms with E-state index < -0.39 is 24.0 Å². The largest absolute Gasteiger partial charge is 0.481 e. The number of rotatable bonds is 9. The molecule has 19 heavy (non-hydrogen) atoms. The van der Waals surface area contributed by atoms with Gasteiger partial charge in [0.25, 0.3) is 0 Å². The molecule has 8 nitrogen and oxygen atoms in total. The van der Waals surface area contributed by atoms with Crippen molar-refractivity contribution >= 4 is 18.0 Å². The zero-order valence-corrected chi connectivity index (χ0v) is 11.2. The lowest BCUT2D eigenvalue weighted by molar-refractivity contribution is -0.140. The maximum Gasteiger partial charge on any atom is 0.326 e. The summed E-state index contributed by atoms with van der Waals surface area (Å²) in [6.45, 7) is 1.23. The topological polar surface area (TPSA) is 119 Å². The molecule has 0 saturated heterocycles. The van der Waals surface area contributed by atoms with Crippen molar-refractivity contribution in [2.45, 2.75) is 25.3 Å². The van der Waals surface area contributed by atoms with Gasteiger partial charge in [-0.1, -0.05) is 0 Å². The molecule has 0 aliphatic rings. The van der Waals surface area contributed by atoms with E-state index in [4.69, 9.17) is 10.2 Å². The van der Waals surface area contributed by atoms with Gasteiger partial charge in [0.15, 0.2) is 0 Å². The number of nitrogens with one attached hydrogen (secondary N) is 2. The Hall–Kier alpha value is -1.83. The summed E-state index contributed by atoms with van der Waals surface area (Å²) >= 11 is 0. The quantitative estimate of drug-likeness (QED) is 0.423. The Morgan fingerprint density at radius 2 is 1.84 bits per heavy atom. The van der Waals surface area contributed by atoms with Crippen LogP contribution in [0.5, 0.6) is 0 Å². The van der Waals surface area contributed by atoms with Gasteiger partial charge < -0.3 is 25.7 Å². The van der Waals surface area contributed by atoms with E-state index >= 15 is 0 Å². The fourth-order valence-electron chi connectivity index (χ4n) is 1.33. The molecule has 0 radical (unpaired) electrons. The summed E-state index contributed by atoms with van der Waals surface area (Å²) in [5.41, 5.74) is 0. The van der Waals surface area contributed by atoms with Gasteiger partial charge in [-0.3, -0.25) is 4.79 Å². The van der Waals surface area contributed by atoms with Gasteiger partial charge in [0.1, 0.15) is 6.04 Å². The molecule has 0 aromatic heterocycles. The zero-order chi connectivity index (χ0) is 14.8. The molecular weight excluding hydrogens is 254 g/mol. The van der Waals surface area contributed by atoms with Crippen LogP contribution in [0.2, 0.25) is 0 Å². The average molecular weight is 275 g/mol. The van der Waals surface area contributed by atoms with Crippen LogP contribution in [0.4, 0.5) is 4.79 Å². The minimum atomic E-state index is -1.25. The van der Waals surface area contributed by atoms with Gasteiger partial charge in [0.05, 0.1) is 0 Å². The van der Waals surface area contributed by atoms with E-state index in [-0.39, 0.29) is 12.8 Å². The van der Waals surface area contributed by atoms with Gasteiger partial charge >= 0.3 is 18.0 Å². The standard InChI is InChI=1S/C11H21N3O5/c1-14(2)7-3-6-12-11(19)13-8(10(17)18)4-5-9(15)16/h8H,3-7H2,1-2H3,(H,15,16)(H,17,18)(H2,12,13,19)/t8-/m0/s1. The van der Waals surface area contributed by atoms with E-state index in [1.54, 1.807) is 0 Å². The number of amides is 2. The van der Waals surface area contributed by atoms with E-state index in [9.17, 15) is 14.4 Å². The number of carboxylic acid groups (broad SMARTS) is 2. The summed E-state index contributed by atoms with van der Waals surface area (Å²) in [5, 5.41) is 22.1. The van der Waals surface area contributed by atoms with Crippen molar-refractivity contribution in [2.24, 2.45) is 0 Å². The Kier molecular flexibility index (Phi) is 8.27. The molecule has 1 atom stereocenters. The normalized spacial score (nSPS) is 11.9. The molecule has 0 aromatic carbocycles. The van der Waals surface area contributed by atoms with Gasteiger partial charge in [-0.2, -0.15) is 0 Å². The van der Waals surface area contributed by atoms with Crippen LogP contribution < -0.4 is 10.6 Å².